The van der Waals surface area contributed by atoms with Gasteiger partial charge in [0.15, 0.2) is 9.58 Å². The Morgan fingerprint density at radius 3 is 2.12 bits per heavy atom. The van der Waals surface area contributed by atoms with E-state index in [0.717, 1.165) is 0 Å². The van der Waals surface area contributed by atoms with Gasteiger partial charge in [0, 0.05) is 6.42 Å². The van der Waals surface area contributed by atoms with E-state index in [1.54, 1.807) is 0 Å². The van der Waals surface area contributed by atoms with Gasteiger partial charge >= 0.3 is 6.18 Å². The van der Waals surface area contributed by atoms with Gasteiger partial charge in [-0.25, -0.2) is 0 Å². The molecule has 0 amide bonds. The monoisotopic (exact) mass is 310 g/mol. The van der Waals surface area contributed by atoms with E-state index in [-0.39, 0.29) is 12.8 Å². The van der Waals surface area contributed by atoms with Gasteiger partial charge in [-0.2, -0.15) is 13.2 Å². The zero-order valence-corrected chi connectivity index (χ0v) is 10.6. The summed E-state index contributed by atoms with van der Waals surface area (Å²) in [5.74, 6) is -4.56. The number of ketones is 2. The molecule has 2 atom stereocenters. The number of halogens is 6. The number of alkyl halides is 6. The molecule has 1 saturated carbocycles. The van der Waals surface area contributed by atoms with E-state index >= 15 is 0 Å². The lowest BCUT2D eigenvalue weighted by Crippen LogP contribution is -2.43. The molecule has 0 spiro atoms. The van der Waals surface area contributed by atoms with Crippen LogP contribution >= 0.6 is 34.8 Å². The van der Waals surface area contributed by atoms with Crippen LogP contribution < -0.4 is 0 Å². The van der Waals surface area contributed by atoms with E-state index in [1.807, 2.05) is 0 Å². The first-order valence-corrected chi connectivity index (χ1v) is 5.85. The van der Waals surface area contributed by atoms with Crippen molar-refractivity contribution in [1.82, 2.24) is 0 Å². The van der Waals surface area contributed by atoms with Crippen LogP contribution in [0.2, 0.25) is 0 Å². The van der Waals surface area contributed by atoms with Crippen molar-refractivity contribution in [3.05, 3.63) is 0 Å². The number of Topliss-reactive ketones (excluding diaryl/α,β-unsaturated/α-hetero) is 2. The molecule has 0 aromatic heterocycles. The second kappa shape index (κ2) is 4.94. The number of carbonyl (C=O) groups excluding carboxylic acids is 2. The average Bonchev–Trinajstić information content (AvgIpc) is 2.08. The predicted molar refractivity (Wildman–Crippen MR) is 57.2 cm³/mol. The van der Waals surface area contributed by atoms with Crippen molar-refractivity contribution in [2.24, 2.45) is 11.8 Å². The van der Waals surface area contributed by atoms with Crippen molar-refractivity contribution in [1.29, 1.82) is 0 Å². The van der Waals surface area contributed by atoms with Crippen LogP contribution in [0, 0.1) is 11.8 Å². The van der Waals surface area contributed by atoms with Gasteiger partial charge in [0.25, 0.3) is 0 Å². The molecule has 1 fully saturated rings. The van der Waals surface area contributed by atoms with Gasteiger partial charge in [0.05, 0.1) is 18.3 Å². The Balaban J connectivity index is 2.89. The molecule has 2 nitrogen and oxygen atoms in total. The van der Waals surface area contributed by atoms with Crippen LogP contribution in [0.4, 0.5) is 13.2 Å². The minimum absolute atomic E-state index is 0.0253. The lowest BCUT2D eigenvalue weighted by Gasteiger charge is -2.31. The lowest BCUT2D eigenvalue weighted by atomic mass is 9.78. The maximum Gasteiger partial charge on any atom is 0.390 e. The zero-order chi connectivity index (χ0) is 13.4. The normalized spacial score (nSPS) is 27.4. The Kier molecular flexibility index (Phi) is 4.37. The van der Waals surface area contributed by atoms with Gasteiger partial charge in [-0.3, -0.25) is 9.59 Å². The molecular formula is C9H8Cl3F3O2. The molecule has 0 bridgehead atoms. The number of hydrogen-bond acceptors (Lipinski definition) is 2. The molecule has 2 unspecified atom stereocenters. The summed E-state index contributed by atoms with van der Waals surface area (Å²) >= 11 is 16.5. The van der Waals surface area contributed by atoms with Crippen LogP contribution in [0.15, 0.2) is 0 Å². The summed E-state index contributed by atoms with van der Waals surface area (Å²) in [5.41, 5.74) is 0. The molecule has 1 rings (SSSR count). The molecule has 0 saturated heterocycles. The third kappa shape index (κ3) is 4.00. The Hall–Kier alpha value is -0.000000000000000111. The van der Waals surface area contributed by atoms with Crippen molar-refractivity contribution in [3.8, 4) is 0 Å². The first-order valence-electron chi connectivity index (χ1n) is 4.72. The number of carbonyl (C=O) groups is 2. The summed E-state index contributed by atoms with van der Waals surface area (Å²) in [7, 11) is 0. The molecular weight excluding hydrogens is 303 g/mol. The molecule has 0 aromatic carbocycles. The largest absolute Gasteiger partial charge is 0.390 e. The fourth-order valence-corrected chi connectivity index (χ4v) is 2.43. The minimum atomic E-state index is -4.59. The Morgan fingerprint density at radius 1 is 1.18 bits per heavy atom. The second-order valence-corrected chi connectivity index (χ2v) is 6.24. The Morgan fingerprint density at radius 2 is 1.71 bits per heavy atom. The second-order valence-electron chi connectivity index (χ2n) is 3.87. The molecule has 0 heterocycles. The summed E-state index contributed by atoms with van der Waals surface area (Å²) in [6.07, 6.45) is -6.28. The van der Waals surface area contributed by atoms with Gasteiger partial charge in [-0.1, -0.05) is 34.8 Å². The van der Waals surface area contributed by atoms with E-state index in [0.29, 0.717) is 0 Å². The smallest absolute Gasteiger partial charge is 0.299 e. The predicted octanol–water partition coefficient (Wildman–Crippen LogP) is 3.47. The molecule has 98 valence electrons. The summed E-state index contributed by atoms with van der Waals surface area (Å²) in [6, 6.07) is 0. The van der Waals surface area contributed by atoms with E-state index in [1.165, 1.54) is 0 Å². The van der Waals surface area contributed by atoms with Crippen molar-refractivity contribution in [2.45, 2.75) is 29.2 Å². The molecule has 0 N–H and O–H groups in total. The standard InChI is InChI=1S/C9H8Cl3F3O2/c10-9(11,12)5-1-2-6(16)4(7(5)17)3-8(13,14)15/h4-5H,1-3H2. The Labute approximate surface area is 110 Å². The van der Waals surface area contributed by atoms with E-state index in [2.05, 4.69) is 0 Å². The van der Waals surface area contributed by atoms with Crippen molar-refractivity contribution < 1.29 is 22.8 Å². The van der Waals surface area contributed by atoms with Gasteiger partial charge in [-0.05, 0) is 6.42 Å². The fraction of sp³-hybridized carbons (Fsp3) is 0.778. The first-order chi connectivity index (χ1) is 7.52. The number of hydrogen-bond donors (Lipinski definition) is 0. The summed E-state index contributed by atoms with van der Waals surface area (Å²) in [4.78, 5) is 23.0. The highest BCUT2D eigenvalue weighted by Crippen LogP contribution is 2.43. The van der Waals surface area contributed by atoms with E-state index < -0.39 is 39.8 Å². The molecule has 0 aliphatic heterocycles. The Bertz CT molecular complexity index is 335. The van der Waals surface area contributed by atoms with Crippen LogP contribution in [0.3, 0.4) is 0 Å². The van der Waals surface area contributed by atoms with Crippen LogP contribution in [0.1, 0.15) is 19.3 Å². The molecule has 0 aromatic rings. The highest BCUT2D eigenvalue weighted by molar-refractivity contribution is 6.68. The third-order valence-corrected chi connectivity index (χ3v) is 3.38. The molecule has 1 aliphatic carbocycles. The minimum Gasteiger partial charge on any atom is -0.299 e. The van der Waals surface area contributed by atoms with Crippen LogP contribution in [-0.2, 0) is 9.59 Å². The molecule has 17 heavy (non-hydrogen) atoms. The number of rotatable bonds is 1. The lowest BCUT2D eigenvalue weighted by molar-refractivity contribution is -0.163. The van der Waals surface area contributed by atoms with Crippen LogP contribution in [-0.4, -0.2) is 21.5 Å². The topological polar surface area (TPSA) is 34.1 Å². The van der Waals surface area contributed by atoms with Gasteiger partial charge in [0.2, 0.25) is 0 Å². The van der Waals surface area contributed by atoms with Crippen molar-refractivity contribution in [2.75, 3.05) is 0 Å². The molecule has 0 radical (unpaired) electrons. The maximum absolute atomic E-state index is 12.2. The van der Waals surface area contributed by atoms with Crippen molar-refractivity contribution >= 4 is 46.4 Å². The molecule has 8 heteroatoms. The highest BCUT2D eigenvalue weighted by atomic mass is 35.6. The van der Waals surface area contributed by atoms with E-state index in [9.17, 15) is 22.8 Å². The van der Waals surface area contributed by atoms with Crippen molar-refractivity contribution in [3.63, 3.8) is 0 Å². The maximum atomic E-state index is 12.2. The first kappa shape index (κ1) is 15.1. The van der Waals surface area contributed by atoms with Gasteiger partial charge in [0.1, 0.15) is 5.78 Å². The molecule has 1 aliphatic rings. The summed E-state index contributed by atoms with van der Waals surface area (Å²) in [6.45, 7) is 0. The van der Waals surface area contributed by atoms with Crippen LogP contribution in [0.5, 0.6) is 0 Å². The average molecular weight is 312 g/mol. The fourth-order valence-electron chi connectivity index (χ4n) is 1.78. The third-order valence-electron chi connectivity index (χ3n) is 2.59. The summed E-state index contributed by atoms with van der Waals surface area (Å²) in [5, 5.41) is 0. The van der Waals surface area contributed by atoms with E-state index in [4.69, 9.17) is 34.8 Å². The highest BCUT2D eigenvalue weighted by Gasteiger charge is 2.49. The summed E-state index contributed by atoms with van der Waals surface area (Å²) < 4.78 is 34.7. The van der Waals surface area contributed by atoms with Crippen LogP contribution in [0.25, 0.3) is 0 Å². The SMILES string of the molecule is O=C1CCC(C(Cl)(Cl)Cl)C(=O)C1CC(F)(F)F. The van der Waals surface area contributed by atoms with Gasteiger partial charge < -0.3 is 0 Å². The zero-order valence-electron chi connectivity index (χ0n) is 8.36. The quantitative estimate of drug-likeness (QED) is 0.549. The van der Waals surface area contributed by atoms with Gasteiger partial charge in [-0.15, -0.1) is 0 Å².